The molecule has 0 nitrogen and oxygen atoms in total. The van der Waals surface area contributed by atoms with E-state index in [1.807, 2.05) is 0 Å². The molecule has 1 saturated carbocycles. The van der Waals surface area contributed by atoms with Crippen LogP contribution in [0.2, 0.25) is 0 Å². The Morgan fingerprint density at radius 3 is 2.50 bits per heavy atom. The first-order valence-corrected chi connectivity index (χ1v) is 5.84. The summed E-state index contributed by atoms with van der Waals surface area (Å²) >= 11 is 0. The van der Waals surface area contributed by atoms with Crippen LogP contribution in [0.4, 0.5) is 0 Å². The summed E-state index contributed by atoms with van der Waals surface area (Å²) in [6.45, 7) is 2.43. The molecular weight excluding hydrogens is 168 g/mol. The van der Waals surface area contributed by atoms with Crippen LogP contribution in [0.3, 0.4) is 0 Å². The summed E-state index contributed by atoms with van der Waals surface area (Å²) in [5.74, 6) is 2.39. The van der Waals surface area contributed by atoms with Gasteiger partial charge in [0.15, 0.2) is 0 Å². The average Bonchev–Trinajstić information content (AvgIpc) is 2.94. The van der Waals surface area contributed by atoms with Crippen molar-refractivity contribution in [3.8, 4) is 0 Å². The Balaban J connectivity index is 1.84. The van der Waals surface area contributed by atoms with Crippen LogP contribution >= 0.6 is 0 Å². The zero-order chi connectivity index (χ0) is 9.60. The summed E-state index contributed by atoms with van der Waals surface area (Å²) in [6, 6.07) is 0. The van der Waals surface area contributed by atoms with Gasteiger partial charge in [-0.05, 0) is 42.4 Å². The van der Waals surface area contributed by atoms with Crippen molar-refractivity contribution in [2.24, 2.45) is 23.2 Å². The number of hydrogen-bond donors (Lipinski definition) is 0. The fraction of sp³-hybridized carbons (Fsp3) is 0.571. The molecule has 3 rings (SSSR count). The lowest BCUT2D eigenvalue weighted by atomic mass is 9.70. The third-order valence-corrected chi connectivity index (χ3v) is 4.59. The Labute approximate surface area is 86.4 Å². The van der Waals surface area contributed by atoms with E-state index in [0.29, 0.717) is 11.3 Å². The smallest absolute Gasteiger partial charge is 0.00133 e. The highest BCUT2D eigenvalue weighted by atomic mass is 14.5. The zero-order valence-electron chi connectivity index (χ0n) is 8.82. The molecule has 3 aliphatic carbocycles. The van der Waals surface area contributed by atoms with E-state index in [9.17, 15) is 0 Å². The van der Waals surface area contributed by atoms with Crippen molar-refractivity contribution in [3.63, 3.8) is 0 Å². The van der Waals surface area contributed by atoms with Gasteiger partial charge >= 0.3 is 0 Å². The summed E-state index contributed by atoms with van der Waals surface area (Å²) in [7, 11) is 0. The van der Waals surface area contributed by atoms with E-state index < -0.39 is 0 Å². The first-order chi connectivity index (χ1) is 6.80. The predicted octanol–water partition coefficient (Wildman–Crippen LogP) is 3.72. The number of hydrogen-bond acceptors (Lipinski definition) is 0. The topological polar surface area (TPSA) is 0 Å². The third kappa shape index (κ3) is 1.06. The van der Waals surface area contributed by atoms with Gasteiger partial charge in [0.2, 0.25) is 0 Å². The second-order valence-corrected chi connectivity index (χ2v) is 5.23. The van der Waals surface area contributed by atoms with Gasteiger partial charge in [-0.2, -0.15) is 0 Å². The molecule has 3 unspecified atom stereocenters. The summed E-state index contributed by atoms with van der Waals surface area (Å²) in [4.78, 5) is 0. The molecule has 0 aromatic carbocycles. The van der Waals surface area contributed by atoms with Crippen LogP contribution in [0.5, 0.6) is 0 Å². The molecule has 1 fully saturated rings. The van der Waals surface area contributed by atoms with Gasteiger partial charge in [0.1, 0.15) is 0 Å². The van der Waals surface area contributed by atoms with Crippen LogP contribution in [0, 0.1) is 23.2 Å². The van der Waals surface area contributed by atoms with Crippen LogP contribution in [0.25, 0.3) is 0 Å². The van der Waals surface area contributed by atoms with Crippen LogP contribution < -0.4 is 0 Å². The van der Waals surface area contributed by atoms with Crippen LogP contribution in [-0.2, 0) is 0 Å². The lowest BCUT2D eigenvalue weighted by Gasteiger charge is -2.34. The molecule has 3 aliphatic rings. The number of fused-ring (bicyclic) bond motifs is 2. The van der Waals surface area contributed by atoms with Crippen LogP contribution in [0.1, 0.15) is 26.2 Å². The van der Waals surface area contributed by atoms with Gasteiger partial charge in [-0.3, -0.25) is 0 Å². The second-order valence-electron chi connectivity index (χ2n) is 5.23. The molecule has 0 aromatic rings. The van der Waals surface area contributed by atoms with Gasteiger partial charge in [0.25, 0.3) is 0 Å². The third-order valence-electron chi connectivity index (χ3n) is 4.59. The van der Waals surface area contributed by atoms with Crippen molar-refractivity contribution in [3.05, 3.63) is 36.5 Å². The molecule has 0 aliphatic heterocycles. The average molecular weight is 186 g/mol. The Kier molecular flexibility index (Phi) is 1.74. The van der Waals surface area contributed by atoms with Gasteiger partial charge in [-0.15, -0.1) is 0 Å². The van der Waals surface area contributed by atoms with Crippen molar-refractivity contribution in [2.45, 2.75) is 26.2 Å². The molecular formula is C14H18. The summed E-state index contributed by atoms with van der Waals surface area (Å²) < 4.78 is 0. The minimum atomic E-state index is 0.550. The molecule has 0 aromatic heterocycles. The van der Waals surface area contributed by atoms with Crippen LogP contribution in [-0.4, -0.2) is 0 Å². The van der Waals surface area contributed by atoms with E-state index in [2.05, 4.69) is 43.4 Å². The molecule has 0 heterocycles. The molecule has 0 amide bonds. The van der Waals surface area contributed by atoms with E-state index in [4.69, 9.17) is 0 Å². The maximum atomic E-state index is 2.52. The maximum Gasteiger partial charge on any atom is -0.00133 e. The van der Waals surface area contributed by atoms with Crippen molar-refractivity contribution in [2.75, 3.05) is 0 Å². The highest BCUT2D eigenvalue weighted by Crippen LogP contribution is 2.55. The first-order valence-electron chi connectivity index (χ1n) is 5.84. The Morgan fingerprint density at radius 2 is 2.00 bits per heavy atom. The largest absolute Gasteiger partial charge is 0.0848 e. The van der Waals surface area contributed by atoms with Crippen molar-refractivity contribution < 1.29 is 0 Å². The first kappa shape index (κ1) is 8.52. The van der Waals surface area contributed by atoms with Crippen molar-refractivity contribution in [1.82, 2.24) is 0 Å². The Bertz CT molecular complexity index is 309. The quantitative estimate of drug-likeness (QED) is 0.576. The van der Waals surface area contributed by atoms with Crippen LogP contribution in [0.15, 0.2) is 36.5 Å². The minimum Gasteiger partial charge on any atom is -0.0848 e. The van der Waals surface area contributed by atoms with Crippen molar-refractivity contribution in [1.29, 1.82) is 0 Å². The predicted molar refractivity (Wildman–Crippen MR) is 59.8 cm³/mol. The number of rotatable bonds is 2. The van der Waals surface area contributed by atoms with Gasteiger partial charge in [0.05, 0.1) is 0 Å². The van der Waals surface area contributed by atoms with Gasteiger partial charge in [0, 0.05) is 0 Å². The highest BCUT2D eigenvalue weighted by Gasteiger charge is 2.45. The minimum absolute atomic E-state index is 0.550. The van der Waals surface area contributed by atoms with E-state index >= 15 is 0 Å². The summed E-state index contributed by atoms with van der Waals surface area (Å²) in [5, 5.41) is 0. The SMILES string of the molecule is CC(C1C=CC=C1)C12C=CC(CC1)C2. The standard InChI is InChI=1S/C14H18/c1-11(13-4-2-3-5-13)14-8-6-12(10-14)7-9-14/h2-6,8,11-13H,7,9-10H2,1H3. The monoisotopic (exact) mass is 186 g/mol. The van der Waals surface area contributed by atoms with E-state index in [0.717, 1.165) is 11.8 Å². The zero-order valence-corrected chi connectivity index (χ0v) is 8.82. The molecule has 14 heavy (non-hydrogen) atoms. The van der Waals surface area contributed by atoms with E-state index in [-0.39, 0.29) is 0 Å². The molecule has 3 atom stereocenters. The molecule has 74 valence electrons. The van der Waals surface area contributed by atoms with E-state index in [1.54, 1.807) is 0 Å². The van der Waals surface area contributed by atoms with E-state index in [1.165, 1.54) is 19.3 Å². The fourth-order valence-corrected chi connectivity index (χ4v) is 3.52. The summed E-state index contributed by atoms with van der Waals surface area (Å²) in [6.07, 6.45) is 18.4. The normalized spacial score (nSPS) is 41.4. The second kappa shape index (κ2) is 2.85. The molecule has 0 radical (unpaired) electrons. The number of allylic oxidation sites excluding steroid dienone is 6. The molecule has 0 saturated heterocycles. The molecule has 2 bridgehead atoms. The fourth-order valence-electron chi connectivity index (χ4n) is 3.52. The maximum absolute atomic E-state index is 2.52. The molecule has 0 spiro atoms. The molecule has 0 heteroatoms. The lowest BCUT2D eigenvalue weighted by molar-refractivity contribution is 0.228. The van der Waals surface area contributed by atoms with Gasteiger partial charge in [-0.25, -0.2) is 0 Å². The van der Waals surface area contributed by atoms with Crippen molar-refractivity contribution >= 4 is 0 Å². The Morgan fingerprint density at radius 1 is 1.21 bits per heavy atom. The lowest BCUT2D eigenvalue weighted by Crippen LogP contribution is -2.26. The highest BCUT2D eigenvalue weighted by molar-refractivity contribution is 5.24. The Hall–Kier alpha value is -0.780. The summed E-state index contributed by atoms with van der Waals surface area (Å²) in [5.41, 5.74) is 0.550. The van der Waals surface area contributed by atoms with Gasteiger partial charge < -0.3 is 0 Å². The van der Waals surface area contributed by atoms with Gasteiger partial charge in [-0.1, -0.05) is 43.4 Å². The molecule has 0 N–H and O–H groups in total.